The maximum atomic E-state index is 12.3. The van der Waals surface area contributed by atoms with E-state index < -0.39 is 9.84 Å². The van der Waals surface area contributed by atoms with Crippen LogP contribution < -0.4 is 10.2 Å². The summed E-state index contributed by atoms with van der Waals surface area (Å²) in [6.45, 7) is 4.68. The predicted molar refractivity (Wildman–Crippen MR) is 105 cm³/mol. The number of hydrogen-bond acceptors (Lipinski definition) is 5. The number of hydrogen-bond donors (Lipinski definition) is 1. The summed E-state index contributed by atoms with van der Waals surface area (Å²) in [4.78, 5) is 16.3. The molecule has 0 saturated carbocycles. The van der Waals surface area contributed by atoms with Crippen LogP contribution in [-0.4, -0.2) is 63.5 Å². The number of sulfone groups is 1. The van der Waals surface area contributed by atoms with Crippen LogP contribution in [0.2, 0.25) is 0 Å². The molecule has 0 radical (unpaired) electrons. The molecule has 2 aliphatic rings. The highest BCUT2D eigenvalue weighted by Gasteiger charge is 2.32. The fourth-order valence-electron chi connectivity index (χ4n) is 3.64. The van der Waals surface area contributed by atoms with Crippen molar-refractivity contribution < 1.29 is 13.2 Å². The van der Waals surface area contributed by atoms with Crippen LogP contribution in [0.4, 0.5) is 11.4 Å². The van der Waals surface area contributed by atoms with Gasteiger partial charge in [0.1, 0.15) is 0 Å². The number of benzene rings is 1. The van der Waals surface area contributed by atoms with E-state index in [-0.39, 0.29) is 30.0 Å². The topological polar surface area (TPSA) is 69.7 Å². The highest BCUT2D eigenvalue weighted by atomic mass is 32.2. The van der Waals surface area contributed by atoms with Crippen molar-refractivity contribution in [1.82, 2.24) is 4.90 Å². The maximum absolute atomic E-state index is 12.3. The molecule has 2 heterocycles. The molecule has 6 nitrogen and oxygen atoms in total. The van der Waals surface area contributed by atoms with E-state index in [2.05, 4.69) is 29.3 Å². The van der Waals surface area contributed by atoms with Gasteiger partial charge in [0, 0.05) is 37.6 Å². The zero-order valence-corrected chi connectivity index (χ0v) is 16.5. The zero-order valence-electron chi connectivity index (χ0n) is 15.6. The lowest BCUT2D eigenvalue weighted by atomic mass is 9.99. The van der Waals surface area contributed by atoms with Crippen molar-refractivity contribution >= 4 is 27.1 Å². The van der Waals surface area contributed by atoms with Gasteiger partial charge in [-0.2, -0.15) is 0 Å². The van der Waals surface area contributed by atoms with Crippen molar-refractivity contribution in [2.45, 2.75) is 32.2 Å². The molecule has 1 N–H and O–H groups in total. The van der Waals surface area contributed by atoms with Crippen molar-refractivity contribution in [1.29, 1.82) is 0 Å². The number of amides is 1. The fourth-order valence-corrected chi connectivity index (χ4v) is 5.42. The Bertz CT molecular complexity index is 725. The van der Waals surface area contributed by atoms with Gasteiger partial charge in [0.25, 0.3) is 0 Å². The molecular formula is C19H29N3O3S. The first kappa shape index (κ1) is 19.0. The first-order chi connectivity index (χ1) is 12.3. The van der Waals surface area contributed by atoms with Crippen molar-refractivity contribution in [2.24, 2.45) is 5.92 Å². The van der Waals surface area contributed by atoms with E-state index >= 15 is 0 Å². The molecule has 1 unspecified atom stereocenters. The summed E-state index contributed by atoms with van der Waals surface area (Å²) in [5.41, 5.74) is 2.13. The number of piperidine rings is 1. The van der Waals surface area contributed by atoms with Crippen molar-refractivity contribution in [3.63, 3.8) is 0 Å². The molecule has 0 bridgehead atoms. The first-order valence-electron chi connectivity index (χ1n) is 9.39. The van der Waals surface area contributed by atoms with Crippen molar-refractivity contribution in [2.75, 3.05) is 48.4 Å². The summed E-state index contributed by atoms with van der Waals surface area (Å²) in [5.74, 6) is 0.990. The second-order valence-electron chi connectivity index (χ2n) is 7.63. The summed E-state index contributed by atoms with van der Waals surface area (Å²) in [6.07, 6.45) is 3.00. The van der Waals surface area contributed by atoms with Crippen molar-refractivity contribution in [3.8, 4) is 0 Å². The molecule has 1 amide bonds. The highest BCUT2D eigenvalue weighted by Crippen LogP contribution is 2.24. The third-order valence-electron chi connectivity index (χ3n) is 5.61. The lowest BCUT2D eigenvalue weighted by Crippen LogP contribution is -2.40. The van der Waals surface area contributed by atoms with Crippen LogP contribution in [0.25, 0.3) is 0 Å². The second-order valence-corrected chi connectivity index (χ2v) is 9.86. The van der Waals surface area contributed by atoms with Crippen LogP contribution in [0.3, 0.4) is 0 Å². The van der Waals surface area contributed by atoms with Gasteiger partial charge >= 0.3 is 0 Å². The third-order valence-corrected chi connectivity index (χ3v) is 7.36. The van der Waals surface area contributed by atoms with Crippen LogP contribution in [0, 0.1) is 5.92 Å². The first-order valence-corrected chi connectivity index (χ1v) is 11.2. The zero-order chi connectivity index (χ0) is 18.7. The summed E-state index contributed by atoms with van der Waals surface area (Å²) in [6, 6.07) is 7.99. The highest BCUT2D eigenvalue weighted by molar-refractivity contribution is 7.91. The lowest BCUT2D eigenvalue weighted by molar-refractivity contribution is -0.129. The molecule has 2 saturated heterocycles. The Morgan fingerprint density at radius 2 is 1.85 bits per heavy atom. The molecule has 0 spiro atoms. The van der Waals surface area contributed by atoms with Crippen LogP contribution in [0.1, 0.15) is 26.2 Å². The third kappa shape index (κ3) is 4.69. The van der Waals surface area contributed by atoms with Gasteiger partial charge in [-0.3, -0.25) is 4.79 Å². The Kier molecular flexibility index (Phi) is 5.75. The quantitative estimate of drug-likeness (QED) is 0.847. The molecule has 2 fully saturated rings. The van der Waals surface area contributed by atoms with Crippen LogP contribution >= 0.6 is 0 Å². The Morgan fingerprint density at radius 1 is 1.19 bits per heavy atom. The number of carbonyl (C=O) groups is 1. The van der Waals surface area contributed by atoms with E-state index in [1.54, 1.807) is 11.9 Å². The molecule has 1 aromatic carbocycles. The maximum Gasteiger partial charge on any atom is 0.241 e. The average molecular weight is 380 g/mol. The average Bonchev–Trinajstić information content (AvgIpc) is 3.00. The number of nitrogens with one attached hydrogen (secondary N) is 1. The van der Waals surface area contributed by atoms with Crippen LogP contribution in [-0.2, 0) is 14.6 Å². The van der Waals surface area contributed by atoms with E-state index in [9.17, 15) is 13.2 Å². The van der Waals surface area contributed by atoms with E-state index in [1.165, 1.54) is 18.5 Å². The summed E-state index contributed by atoms with van der Waals surface area (Å²) in [5, 5.41) is 3.15. The molecule has 0 aromatic heterocycles. The van der Waals surface area contributed by atoms with E-state index in [0.29, 0.717) is 6.42 Å². The van der Waals surface area contributed by atoms with Crippen molar-refractivity contribution in [3.05, 3.63) is 24.3 Å². The minimum atomic E-state index is -2.98. The Balaban J connectivity index is 1.49. The largest absolute Gasteiger partial charge is 0.376 e. The van der Waals surface area contributed by atoms with Gasteiger partial charge < -0.3 is 15.1 Å². The van der Waals surface area contributed by atoms with Gasteiger partial charge in [-0.05, 0) is 49.4 Å². The minimum Gasteiger partial charge on any atom is -0.376 e. The molecule has 0 aliphatic carbocycles. The van der Waals surface area contributed by atoms with Gasteiger partial charge in [-0.15, -0.1) is 0 Å². The molecule has 2 aliphatic heterocycles. The monoisotopic (exact) mass is 379 g/mol. The molecular weight excluding hydrogens is 350 g/mol. The minimum absolute atomic E-state index is 0.0817. The van der Waals surface area contributed by atoms with E-state index in [0.717, 1.165) is 24.7 Å². The van der Waals surface area contributed by atoms with Crippen LogP contribution in [0.5, 0.6) is 0 Å². The number of likely N-dealkylation sites (N-methyl/N-ethyl adjacent to an activating group) is 1. The Hall–Kier alpha value is -1.76. The SMILES string of the molecule is CC1CCN(c2ccc(NCC(=O)N(C)C3CCS(=O)(=O)C3)cc2)CC1. The van der Waals surface area contributed by atoms with Gasteiger partial charge in [-0.1, -0.05) is 6.92 Å². The molecule has 3 rings (SSSR count). The number of anilines is 2. The molecule has 144 valence electrons. The number of rotatable bonds is 5. The Labute approximate surface area is 156 Å². The van der Waals surface area contributed by atoms with Gasteiger partial charge in [0.15, 0.2) is 9.84 Å². The van der Waals surface area contributed by atoms with Gasteiger partial charge in [0.05, 0.1) is 18.1 Å². The van der Waals surface area contributed by atoms with Crippen LogP contribution in [0.15, 0.2) is 24.3 Å². The normalized spacial score (nSPS) is 23.0. The molecule has 1 aromatic rings. The van der Waals surface area contributed by atoms with Gasteiger partial charge in [0.2, 0.25) is 5.91 Å². The molecule has 1 atom stereocenters. The molecule has 26 heavy (non-hydrogen) atoms. The van der Waals surface area contributed by atoms with Gasteiger partial charge in [-0.25, -0.2) is 8.42 Å². The summed E-state index contributed by atoms with van der Waals surface area (Å²) >= 11 is 0. The lowest BCUT2D eigenvalue weighted by Gasteiger charge is -2.32. The number of nitrogens with zero attached hydrogens (tertiary/aromatic N) is 2. The fraction of sp³-hybridized carbons (Fsp3) is 0.632. The summed E-state index contributed by atoms with van der Waals surface area (Å²) in [7, 11) is -1.29. The number of carbonyl (C=O) groups excluding carboxylic acids is 1. The second kappa shape index (κ2) is 7.86. The van der Waals surface area contributed by atoms with E-state index in [4.69, 9.17) is 0 Å². The smallest absolute Gasteiger partial charge is 0.241 e. The van der Waals surface area contributed by atoms with E-state index in [1.807, 2.05) is 12.1 Å². The Morgan fingerprint density at radius 3 is 2.42 bits per heavy atom. The molecule has 7 heteroatoms. The standard InChI is InChI=1S/C19H29N3O3S/c1-15-7-10-22(11-8-15)17-5-3-16(4-6-17)20-13-19(23)21(2)18-9-12-26(24,25)14-18/h3-6,15,18,20H,7-14H2,1-2H3. The predicted octanol–water partition coefficient (Wildman–Crippen LogP) is 1.98. The summed E-state index contributed by atoms with van der Waals surface area (Å²) < 4.78 is 23.1.